The monoisotopic (exact) mass is 325 g/mol. The normalized spacial score (nSPS) is 27.8. The smallest absolute Gasteiger partial charge is 0.150 e. The largest absolute Gasteiger partial charge is 0.298 e. The highest BCUT2D eigenvalue weighted by molar-refractivity contribution is 5.74. The molecule has 3 fully saturated rings. The maximum Gasteiger partial charge on any atom is 0.150 e. The van der Waals surface area contributed by atoms with E-state index < -0.39 is 0 Å². The van der Waals surface area contributed by atoms with Crippen LogP contribution in [0.2, 0.25) is 0 Å². The molecule has 1 spiro atoms. The zero-order valence-corrected chi connectivity index (χ0v) is 14.9. The highest BCUT2D eigenvalue weighted by Gasteiger charge is 2.52. The zero-order chi connectivity index (χ0) is 16.4. The molecule has 130 valence electrons. The maximum atomic E-state index is 11.0. The van der Waals surface area contributed by atoms with E-state index in [9.17, 15) is 4.79 Å². The molecule has 0 amide bonds. The topological polar surface area (TPSA) is 20.1 Å². The molecule has 0 bridgehead atoms. The van der Waals surface area contributed by atoms with Crippen molar-refractivity contribution in [2.45, 2.75) is 75.7 Å². The first-order chi connectivity index (χ1) is 11.8. The van der Waals surface area contributed by atoms with Crippen LogP contribution >= 0.6 is 0 Å². The fourth-order valence-corrected chi connectivity index (χ4v) is 5.38. The summed E-state index contributed by atoms with van der Waals surface area (Å²) in [5.74, 6) is 1.49. The molecule has 1 heterocycles. The number of aldehydes is 1. The molecule has 1 aromatic rings. The third-order valence-corrected chi connectivity index (χ3v) is 6.97. The highest BCUT2D eigenvalue weighted by Crippen LogP contribution is 2.47. The SMILES string of the molecule is O=Cc1ccc([C@H](CN2CC23CCCCC3)C2CCCCC2)cc1. The molecule has 4 rings (SSSR count). The Morgan fingerprint density at radius 3 is 2.33 bits per heavy atom. The molecule has 24 heavy (non-hydrogen) atoms. The van der Waals surface area contributed by atoms with Crippen LogP contribution in [0.1, 0.15) is 86.0 Å². The molecule has 0 N–H and O–H groups in total. The van der Waals surface area contributed by atoms with Crippen molar-refractivity contribution in [1.29, 1.82) is 0 Å². The standard InChI is InChI=1S/C22H31NO/c24-16-18-9-11-20(12-10-18)21(19-7-3-1-4-8-19)15-23-17-22(23)13-5-2-6-14-22/h9-12,16,19,21H,1-8,13-15,17H2/t21-,23?/m1/s1. The van der Waals surface area contributed by atoms with Crippen molar-refractivity contribution < 1.29 is 4.79 Å². The second-order valence-electron chi connectivity index (χ2n) is 8.45. The minimum absolute atomic E-state index is 0.577. The van der Waals surface area contributed by atoms with E-state index in [1.165, 1.54) is 82.9 Å². The zero-order valence-electron chi connectivity index (χ0n) is 14.9. The van der Waals surface area contributed by atoms with E-state index in [2.05, 4.69) is 17.0 Å². The van der Waals surface area contributed by atoms with Crippen molar-refractivity contribution >= 4 is 6.29 Å². The molecule has 1 unspecified atom stereocenters. The summed E-state index contributed by atoms with van der Waals surface area (Å²) in [6, 6.07) is 8.47. The molecule has 2 saturated carbocycles. The summed E-state index contributed by atoms with van der Waals surface area (Å²) in [6.45, 7) is 2.58. The predicted molar refractivity (Wildman–Crippen MR) is 98.5 cm³/mol. The fourth-order valence-electron chi connectivity index (χ4n) is 5.38. The number of rotatable bonds is 5. The van der Waals surface area contributed by atoms with Crippen LogP contribution < -0.4 is 0 Å². The van der Waals surface area contributed by atoms with Crippen LogP contribution in [0.3, 0.4) is 0 Å². The molecule has 2 atom stereocenters. The Labute approximate surface area is 146 Å². The summed E-state index contributed by atoms with van der Waals surface area (Å²) in [4.78, 5) is 13.8. The lowest BCUT2D eigenvalue weighted by Gasteiger charge is -2.33. The van der Waals surface area contributed by atoms with Gasteiger partial charge in [-0.3, -0.25) is 9.69 Å². The van der Waals surface area contributed by atoms with E-state index in [0.29, 0.717) is 11.5 Å². The van der Waals surface area contributed by atoms with Crippen molar-refractivity contribution in [3.63, 3.8) is 0 Å². The predicted octanol–water partition coefficient (Wildman–Crippen LogP) is 5.18. The molecular weight excluding hydrogens is 294 g/mol. The molecule has 1 saturated heterocycles. The Hall–Kier alpha value is -1.15. The highest BCUT2D eigenvalue weighted by atomic mass is 16.1. The summed E-state index contributed by atoms with van der Waals surface area (Å²) in [5.41, 5.74) is 2.84. The second-order valence-corrected chi connectivity index (χ2v) is 8.45. The van der Waals surface area contributed by atoms with Crippen LogP contribution in [0, 0.1) is 5.92 Å². The fraction of sp³-hybridized carbons (Fsp3) is 0.682. The molecule has 1 aromatic carbocycles. The molecular formula is C22H31NO. The Kier molecular flexibility index (Phi) is 4.76. The molecule has 2 heteroatoms. The van der Waals surface area contributed by atoms with Gasteiger partial charge in [0.15, 0.2) is 0 Å². The van der Waals surface area contributed by atoms with Gasteiger partial charge in [0.1, 0.15) is 6.29 Å². The third kappa shape index (κ3) is 3.31. The van der Waals surface area contributed by atoms with E-state index in [0.717, 1.165) is 17.8 Å². The average molecular weight is 325 g/mol. The number of hydrogen-bond donors (Lipinski definition) is 0. The average Bonchev–Trinajstić information content (AvgIpc) is 3.32. The minimum atomic E-state index is 0.577. The molecule has 0 radical (unpaired) electrons. The van der Waals surface area contributed by atoms with Crippen molar-refractivity contribution in [3.8, 4) is 0 Å². The number of nitrogens with zero attached hydrogens (tertiary/aromatic N) is 1. The van der Waals surface area contributed by atoms with E-state index in [4.69, 9.17) is 0 Å². The first-order valence-corrected chi connectivity index (χ1v) is 10.1. The van der Waals surface area contributed by atoms with Crippen LogP contribution in [0.5, 0.6) is 0 Å². The quantitative estimate of drug-likeness (QED) is 0.549. The number of benzene rings is 1. The van der Waals surface area contributed by atoms with Crippen LogP contribution in [-0.2, 0) is 0 Å². The summed E-state index contributed by atoms with van der Waals surface area (Å²) in [7, 11) is 0. The van der Waals surface area contributed by atoms with Gasteiger partial charge < -0.3 is 0 Å². The lowest BCUT2D eigenvalue weighted by atomic mass is 9.76. The molecule has 2 nitrogen and oxygen atoms in total. The van der Waals surface area contributed by atoms with E-state index in [1.807, 2.05) is 12.1 Å². The summed E-state index contributed by atoms with van der Waals surface area (Å²) >= 11 is 0. The van der Waals surface area contributed by atoms with Gasteiger partial charge in [0.25, 0.3) is 0 Å². The molecule has 1 aliphatic heterocycles. The lowest BCUT2D eigenvalue weighted by molar-refractivity contribution is 0.112. The van der Waals surface area contributed by atoms with E-state index in [1.54, 1.807) is 0 Å². The van der Waals surface area contributed by atoms with E-state index >= 15 is 0 Å². The minimum Gasteiger partial charge on any atom is -0.298 e. The Balaban J connectivity index is 1.50. The summed E-state index contributed by atoms with van der Waals surface area (Å²) in [5, 5.41) is 0. The summed E-state index contributed by atoms with van der Waals surface area (Å²) < 4.78 is 0. The van der Waals surface area contributed by atoms with Crippen LogP contribution in [0.25, 0.3) is 0 Å². The van der Waals surface area contributed by atoms with Crippen LogP contribution in [0.4, 0.5) is 0 Å². The van der Waals surface area contributed by atoms with Crippen molar-refractivity contribution in [1.82, 2.24) is 4.90 Å². The van der Waals surface area contributed by atoms with Crippen molar-refractivity contribution in [3.05, 3.63) is 35.4 Å². The molecule has 0 aromatic heterocycles. The maximum absolute atomic E-state index is 11.0. The Morgan fingerprint density at radius 1 is 1.00 bits per heavy atom. The Morgan fingerprint density at radius 2 is 1.67 bits per heavy atom. The molecule has 2 aliphatic carbocycles. The van der Waals surface area contributed by atoms with E-state index in [-0.39, 0.29) is 0 Å². The van der Waals surface area contributed by atoms with Gasteiger partial charge in [-0.1, -0.05) is 62.8 Å². The van der Waals surface area contributed by atoms with Crippen molar-refractivity contribution in [2.75, 3.05) is 13.1 Å². The van der Waals surface area contributed by atoms with Gasteiger partial charge >= 0.3 is 0 Å². The second kappa shape index (κ2) is 7.00. The number of carbonyl (C=O) groups is 1. The van der Waals surface area contributed by atoms with Crippen molar-refractivity contribution in [2.24, 2.45) is 5.92 Å². The van der Waals surface area contributed by atoms with Gasteiger partial charge in [-0.15, -0.1) is 0 Å². The third-order valence-electron chi connectivity index (χ3n) is 6.97. The van der Waals surface area contributed by atoms with Gasteiger partial charge in [-0.2, -0.15) is 0 Å². The Bertz CT molecular complexity index is 552. The first-order valence-electron chi connectivity index (χ1n) is 10.1. The van der Waals surface area contributed by atoms with Gasteiger partial charge in [0, 0.05) is 24.2 Å². The first kappa shape index (κ1) is 16.3. The van der Waals surface area contributed by atoms with Crippen LogP contribution in [0.15, 0.2) is 24.3 Å². The van der Waals surface area contributed by atoms with Crippen LogP contribution in [-0.4, -0.2) is 29.8 Å². The molecule has 3 aliphatic rings. The van der Waals surface area contributed by atoms with Gasteiger partial charge in [-0.05, 0) is 43.1 Å². The summed E-state index contributed by atoms with van der Waals surface area (Å²) in [6.07, 6.45) is 15.1. The lowest BCUT2D eigenvalue weighted by Crippen LogP contribution is -2.28. The van der Waals surface area contributed by atoms with Gasteiger partial charge in [0.05, 0.1) is 0 Å². The van der Waals surface area contributed by atoms with Gasteiger partial charge in [0.2, 0.25) is 0 Å². The number of carbonyl (C=O) groups excluding carboxylic acids is 1. The number of hydrogen-bond acceptors (Lipinski definition) is 2. The van der Waals surface area contributed by atoms with Gasteiger partial charge in [-0.25, -0.2) is 0 Å².